The van der Waals surface area contributed by atoms with Crippen LogP contribution in [0.5, 0.6) is 5.75 Å². The van der Waals surface area contributed by atoms with Crippen LogP contribution >= 0.6 is 0 Å². The molecule has 0 spiro atoms. The van der Waals surface area contributed by atoms with Gasteiger partial charge in [-0.1, -0.05) is 18.2 Å². The molecule has 1 aliphatic heterocycles. The number of carbonyl (C=O) groups excluding carboxylic acids is 1. The number of para-hydroxylation sites is 1. The molecule has 1 fully saturated rings. The Bertz CT molecular complexity index is 1270. The third kappa shape index (κ3) is 4.41. The number of pyridine rings is 1. The molecule has 2 aliphatic rings. The zero-order valence-electron chi connectivity index (χ0n) is 22.2. The number of amides is 1. The van der Waals surface area contributed by atoms with Crippen molar-refractivity contribution >= 4 is 5.91 Å². The number of hydrogen-bond acceptors (Lipinski definition) is 5. The molecule has 0 radical (unpaired) electrons. The van der Waals surface area contributed by atoms with Gasteiger partial charge in [-0.2, -0.15) is 5.10 Å². The zero-order chi connectivity index (χ0) is 25.4. The van der Waals surface area contributed by atoms with E-state index in [0.29, 0.717) is 5.69 Å². The molecule has 1 aromatic carbocycles. The minimum Gasteiger partial charge on any atom is -0.496 e. The van der Waals surface area contributed by atoms with Crippen LogP contribution in [0.1, 0.15) is 63.4 Å². The van der Waals surface area contributed by atoms with Gasteiger partial charge in [-0.3, -0.25) is 14.7 Å². The van der Waals surface area contributed by atoms with Crippen LogP contribution in [0.2, 0.25) is 0 Å². The summed E-state index contributed by atoms with van der Waals surface area (Å²) >= 11 is 0. The minimum absolute atomic E-state index is 0.0553. The molecule has 0 unspecified atom stereocenters. The predicted molar refractivity (Wildman–Crippen MR) is 141 cm³/mol. The van der Waals surface area contributed by atoms with Crippen molar-refractivity contribution < 1.29 is 9.53 Å². The number of aryl methyl sites for hydroxylation is 2. The van der Waals surface area contributed by atoms with Crippen LogP contribution < -0.4 is 4.74 Å². The number of likely N-dealkylation sites (tertiary alicyclic amines) is 1. The van der Waals surface area contributed by atoms with Crippen molar-refractivity contribution in [2.75, 3.05) is 27.2 Å². The first kappa shape index (κ1) is 24.5. The number of ether oxygens (including phenoxy) is 1. The first-order chi connectivity index (χ1) is 17.4. The molecule has 0 saturated carbocycles. The summed E-state index contributed by atoms with van der Waals surface area (Å²) < 4.78 is 7.60. The summed E-state index contributed by atoms with van der Waals surface area (Å²) in [7, 11) is 3.67. The molecule has 0 bridgehead atoms. The molecule has 0 N–H and O–H groups in total. The van der Waals surface area contributed by atoms with Crippen LogP contribution in [0.25, 0.3) is 5.69 Å². The summed E-state index contributed by atoms with van der Waals surface area (Å²) in [6, 6.07) is 8.49. The molecule has 0 atom stereocenters. The third-order valence-corrected chi connectivity index (χ3v) is 8.02. The maximum Gasteiger partial charge on any atom is 0.274 e. The van der Waals surface area contributed by atoms with Gasteiger partial charge in [0.2, 0.25) is 0 Å². The highest BCUT2D eigenvalue weighted by atomic mass is 16.5. The molecule has 1 saturated heterocycles. The van der Waals surface area contributed by atoms with Crippen LogP contribution in [0, 0.1) is 20.8 Å². The second-order valence-electron chi connectivity index (χ2n) is 10.3. The van der Waals surface area contributed by atoms with Crippen molar-refractivity contribution in [2.45, 2.75) is 65.5 Å². The highest BCUT2D eigenvalue weighted by Crippen LogP contribution is 2.31. The molecule has 5 rings (SSSR count). The smallest absolute Gasteiger partial charge is 0.274 e. The van der Waals surface area contributed by atoms with Gasteiger partial charge >= 0.3 is 0 Å². The lowest BCUT2D eigenvalue weighted by Gasteiger charge is -2.36. The van der Waals surface area contributed by atoms with Gasteiger partial charge in [0.1, 0.15) is 5.75 Å². The average Bonchev–Trinajstić information content (AvgIpc) is 3.49. The maximum atomic E-state index is 13.7. The number of piperidine rings is 1. The van der Waals surface area contributed by atoms with E-state index in [1.807, 2.05) is 41.9 Å². The van der Waals surface area contributed by atoms with Gasteiger partial charge < -0.3 is 9.64 Å². The van der Waals surface area contributed by atoms with E-state index in [1.165, 1.54) is 11.3 Å². The largest absolute Gasteiger partial charge is 0.496 e. The quantitative estimate of drug-likeness (QED) is 0.515. The Labute approximate surface area is 214 Å². The Morgan fingerprint density at radius 1 is 1.11 bits per heavy atom. The summed E-state index contributed by atoms with van der Waals surface area (Å²) in [5.74, 6) is 0.984. The topological polar surface area (TPSA) is 63.5 Å². The monoisotopic (exact) mass is 487 g/mol. The molecular formula is C29H37N5O2. The molecule has 190 valence electrons. The van der Waals surface area contributed by atoms with E-state index in [0.717, 1.165) is 85.6 Å². The van der Waals surface area contributed by atoms with Crippen molar-refractivity contribution in [3.8, 4) is 11.4 Å². The number of methoxy groups -OCH3 is 1. The van der Waals surface area contributed by atoms with Gasteiger partial charge in [-0.25, -0.2) is 4.68 Å². The number of aromatic nitrogens is 3. The number of benzene rings is 1. The first-order valence-corrected chi connectivity index (χ1v) is 13.0. The predicted octanol–water partition coefficient (Wildman–Crippen LogP) is 4.43. The highest BCUT2D eigenvalue weighted by Gasteiger charge is 2.32. The van der Waals surface area contributed by atoms with Gasteiger partial charge in [0.15, 0.2) is 5.69 Å². The van der Waals surface area contributed by atoms with Crippen molar-refractivity contribution in [1.29, 1.82) is 0 Å². The lowest BCUT2D eigenvalue weighted by molar-refractivity contribution is 0.0628. The molecule has 36 heavy (non-hydrogen) atoms. The number of nitrogens with zero attached hydrogens (tertiary/aromatic N) is 5. The standard InChI is InChI=1S/C29H37N5O2/c1-19-9-6-7-11-25(19)34-26-12-8-10-23(26)27(31-34)29(35)32(4)22-13-15-33(16-14-22)18-24-21(3)28(36-5)20(2)17-30-24/h6-7,9,11,17,22H,8,10,12-16,18H2,1-5H3. The third-order valence-electron chi connectivity index (χ3n) is 8.02. The highest BCUT2D eigenvalue weighted by molar-refractivity contribution is 5.94. The minimum atomic E-state index is 0.0553. The number of hydrogen-bond donors (Lipinski definition) is 0. The van der Waals surface area contributed by atoms with E-state index in [1.54, 1.807) is 7.11 Å². The van der Waals surface area contributed by atoms with E-state index in [2.05, 4.69) is 35.9 Å². The van der Waals surface area contributed by atoms with Crippen molar-refractivity contribution in [3.63, 3.8) is 0 Å². The second kappa shape index (κ2) is 10.1. The lowest BCUT2D eigenvalue weighted by Crippen LogP contribution is -2.45. The van der Waals surface area contributed by atoms with E-state index < -0.39 is 0 Å². The van der Waals surface area contributed by atoms with Crippen molar-refractivity contribution in [3.05, 3.63) is 69.8 Å². The van der Waals surface area contributed by atoms with Crippen LogP contribution in [0.15, 0.2) is 30.5 Å². The van der Waals surface area contributed by atoms with E-state index in [-0.39, 0.29) is 11.9 Å². The molecule has 3 heterocycles. The number of rotatable bonds is 6. The summed E-state index contributed by atoms with van der Waals surface area (Å²) in [5.41, 5.74) is 8.47. The van der Waals surface area contributed by atoms with Gasteiger partial charge in [0, 0.05) is 61.3 Å². The van der Waals surface area contributed by atoms with Crippen LogP contribution in [0.3, 0.4) is 0 Å². The zero-order valence-corrected chi connectivity index (χ0v) is 22.2. The summed E-state index contributed by atoms with van der Waals surface area (Å²) in [5, 5.41) is 4.88. The van der Waals surface area contributed by atoms with Crippen molar-refractivity contribution in [1.82, 2.24) is 24.6 Å². The second-order valence-corrected chi connectivity index (χ2v) is 10.3. The van der Waals surface area contributed by atoms with Crippen LogP contribution in [0.4, 0.5) is 0 Å². The van der Waals surface area contributed by atoms with Gasteiger partial charge in [-0.15, -0.1) is 0 Å². The molecular weight excluding hydrogens is 450 g/mol. The fraction of sp³-hybridized carbons (Fsp3) is 0.483. The molecule has 7 nitrogen and oxygen atoms in total. The molecule has 1 amide bonds. The van der Waals surface area contributed by atoms with Gasteiger partial charge in [0.05, 0.1) is 18.5 Å². The molecule has 7 heteroatoms. The summed E-state index contributed by atoms with van der Waals surface area (Å²) in [6.45, 7) is 8.90. The lowest BCUT2D eigenvalue weighted by atomic mass is 10.0. The first-order valence-electron chi connectivity index (χ1n) is 13.0. The Kier molecular flexibility index (Phi) is 6.84. The van der Waals surface area contributed by atoms with Gasteiger partial charge in [0.25, 0.3) is 5.91 Å². The van der Waals surface area contributed by atoms with Crippen LogP contribution in [-0.2, 0) is 19.4 Å². The molecule has 3 aromatic rings. The van der Waals surface area contributed by atoms with E-state index in [4.69, 9.17) is 9.84 Å². The summed E-state index contributed by atoms with van der Waals surface area (Å²) in [6.07, 6.45) is 6.79. The Balaban J connectivity index is 1.27. The maximum absolute atomic E-state index is 13.7. The number of fused-ring (bicyclic) bond motifs is 1. The van der Waals surface area contributed by atoms with E-state index in [9.17, 15) is 4.79 Å². The Morgan fingerprint density at radius 3 is 2.58 bits per heavy atom. The SMILES string of the molecule is COc1c(C)cnc(CN2CCC(N(C)C(=O)c3nn(-c4ccccc4C)c4c3CCC4)CC2)c1C. The Morgan fingerprint density at radius 2 is 1.86 bits per heavy atom. The number of carbonyl (C=O) groups is 1. The molecule has 2 aromatic heterocycles. The summed E-state index contributed by atoms with van der Waals surface area (Å²) in [4.78, 5) is 22.7. The normalized spacial score (nSPS) is 16.2. The fourth-order valence-corrected chi connectivity index (χ4v) is 5.85. The van der Waals surface area contributed by atoms with Gasteiger partial charge in [-0.05, 0) is 64.5 Å². The van der Waals surface area contributed by atoms with E-state index >= 15 is 0 Å². The Hall–Kier alpha value is -3.19. The molecule has 1 aliphatic carbocycles. The fourth-order valence-electron chi connectivity index (χ4n) is 5.85. The van der Waals surface area contributed by atoms with Crippen LogP contribution in [-0.4, -0.2) is 63.8 Å². The van der Waals surface area contributed by atoms with Crippen molar-refractivity contribution in [2.24, 2.45) is 0 Å². The average molecular weight is 488 g/mol.